The SMILES string of the molecule is C=CCCC(Nc1cnc(N2CCC(CC(=C)N3CCN(c4ccc(-c5cnc6[nH]cc(C(=C)c7cccc(NSN(C)CC)c7F)c6c5)cc4)CC3)CC2)c(F)c1)C(=C)NC. The van der Waals surface area contributed by atoms with Crippen LogP contribution in [0.3, 0.4) is 0 Å². The van der Waals surface area contributed by atoms with E-state index in [9.17, 15) is 0 Å². The van der Waals surface area contributed by atoms with Gasteiger partial charge in [-0.1, -0.05) is 57.0 Å². The quantitative estimate of drug-likeness (QED) is 0.0476. The van der Waals surface area contributed by atoms with Crippen molar-refractivity contribution in [3.05, 3.63) is 140 Å². The Kier molecular flexibility index (Phi) is 14.6. The van der Waals surface area contributed by atoms with E-state index in [2.05, 4.69) is 96.7 Å². The molecule has 2 saturated heterocycles. The zero-order chi connectivity index (χ0) is 43.8. The zero-order valence-electron chi connectivity index (χ0n) is 36.3. The number of pyridine rings is 2. The van der Waals surface area contributed by atoms with Crippen LogP contribution in [0.2, 0.25) is 0 Å². The Hall–Kier alpha value is -5.79. The van der Waals surface area contributed by atoms with E-state index >= 15 is 8.78 Å². The van der Waals surface area contributed by atoms with Crippen molar-refractivity contribution in [2.75, 3.05) is 79.7 Å². The van der Waals surface area contributed by atoms with Gasteiger partial charge in [0.1, 0.15) is 5.65 Å². The molecule has 2 aromatic carbocycles. The number of aromatic amines is 1. The van der Waals surface area contributed by atoms with Crippen LogP contribution in [0.15, 0.2) is 117 Å². The number of fused-ring (bicyclic) bond motifs is 1. The Morgan fingerprint density at radius 2 is 1.71 bits per heavy atom. The highest BCUT2D eigenvalue weighted by Crippen LogP contribution is 2.35. The first-order valence-electron chi connectivity index (χ1n) is 21.6. The summed E-state index contributed by atoms with van der Waals surface area (Å²) >= 11 is 1.36. The monoisotopic (exact) mass is 858 g/mol. The third-order valence-corrected chi connectivity index (χ3v) is 13.1. The number of benzene rings is 2. The maximum absolute atomic E-state index is 15.7. The van der Waals surface area contributed by atoms with E-state index < -0.39 is 0 Å². The third kappa shape index (κ3) is 10.3. The number of anilines is 4. The number of hydrogen-bond donors (Lipinski definition) is 4. The smallest absolute Gasteiger partial charge is 0.167 e. The lowest BCUT2D eigenvalue weighted by molar-refractivity contribution is 0.285. The third-order valence-electron chi connectivity index (χ3n) is 12.2. The highest BCUT2D eigenvalue weighted by molar-refractivity contribution is 7.98. The number of nitrogens with zero attached hydrogens (tertiary/aromatic N) is 6. The van der Waals surface area contributed by atoms with Gasteiger partial charge < -0.3 is 35.0 Å². The number of halogens is 2. The molecule has 0 spiro atoms. The number of piperazine rings is 1. The van der Waals surface area contributed by atoms with Gasteiger partial charge in [-0.3, -0.25) is 0 Å². The van der Waals surface area contributed by atoms with Crippen LogP contribution in [-0.4, -0.2) is 90.1 Å². The predicted octanol–water partition coefficient (Wildman–Crippen LogP) is 10.3. The molecule has 7 rings (SSSR count). The molecule has 0 radical (unpaired) electrons. The fourth-order valence-corrected chi connectivity index (χ4v) is 8.83. The van der Waals surface area contributed by atoms with Gasteiger partial charge in [-0.15, -0.1) is 6.58 Å². The number of likely N-dealkylation sites (N-methyl/N-ethyl adjacent to an activating group) is 1. The number of H-pyrrole nitrogens is 1. The average Bonchev–Trinajstić information content (AvgIpc) is 3.73. The van der Waals surface area contributed by atoms with E-state index in [1.807, 2.05) is 49.9 Å². The number of aromatic nitrogens is 3. The van der Waals surface area contributed by atoms with E-state index in [0.29, 0.717) is 34.2 Å². The molecule has 5 aromatic rings. The predicted molar refractivity (Wildman–Crippen MR) is 257 cm³/mol. The summed E-state index contributed by atoms with van der Waals surface area (Å²) in [5.41, 5.74) is 8.88. The van der Waals surface area contributed by atoms with Crippen molar-refractivity contribution >= 4 is 51.6 Å². The zero-order valence-corrected chi connectivity index (χ0v) is 37.1. The van der Waals surface area contributed by atoms with Crippen LogP contribution in [0, 0.1) is 17.6 Å². The molecule has 0 aliphatic carbocycles. The van der Waals surface area contributed by atoms with E-state index in [-0.39, 0.29) is 17.7 Å². The van der Waals surface area contributed by atoms with Gasteiger partial charge in [0.05, 0.1) is 23.6 Å². The summed E-state index contributed by atoms with van der Waals surface area (Å²) in [7, 11) is 3.79. The topological polar surface area (TPSA) is 90.6 Å². The average molecular weight is 859 g/mol. The highest BCUT2D eigenvalue weighted by Gasteiger charge is 2.26. The second-order valence-electron chi connectivity index (χ2n) is 16.2. The molecule has 13 heteroatoms. The van der Waals surface area contributed by atoms with Gasteiger partial charge >= 0.3 is 0 Å². The van der Waals surface area contributed by atoms with Gasteiger partial charge in [0.2, 0.25) is 0 Å². The molecule has 0 saturated carbocycles. The molecule has 2 fully saturated rings. The number of piperidine rings is 1. The summed E-state index contributed by atoms with van der Waals surface area (Å²) in [6.07, 6.45) is 11.8. The fourth-order valence-electron chi connectivity index (χ4n) is 8.28. The maximum Gasteiger partial charge on any atom is 0.167 e. The molecule has 326 valence electrons. The summed E-state index contributed by atoms with van der Waals surface area (Å²) in [4.78, 5) is 19.4. The van der Waals surface area contributed by atoms with E-state index in [0.717, 1.165) is 111 Å². The van der Waals surface area contributed by atoms with Gasteiger partial charge in [-0.2, -0.15) is 0 Å². The molecule has 1 atom stereocenters. The Morgan fingerprint density at radius 1 is 0.952 bits per heavy atom. The first-order chi connectivity index (χ1) is 30.1. The molecular formula is C49H60F2N10S. The standard InChI is InChI=1S/C49H60F2N10S/c1-8-10-13-45(35(5)52-6)56-39-29-44(50)49(55-31-39)61-21-19-36(20-22-61)27-33(3)59-23-25-60(26-24-59)40-17-15-37(16-18-40)38-28-42-43(32-54-48(42)53-30-38)34(4)41-12-11-14-46(47(41)51)57-62-58(7)9-2/h8,11-12,14-18,28-32,36,45,52,56-57H,1,3-5,9-10,13,19-27H2,2,6-7H3,(H,53,54). The number of allylic oxidation sites excluding steroid dienone is 2. The minimum atomic E-state index is -0.338. The Morgan fingerprint density at radius 3 is 2.40 bits per heavy atom. The fraction of sp³-hybridized carbons (Fsp3) is 0.347. The van der Waals surface area contributed by atoms with Gasteiger partial charge in [0.15, 0.2) is 17.5 Å². The molecule has 1 unspecified atom stereocenters. The van der Waals surface area contributed by atoms with E-state index in [1.54, 1.807) is 24.4 Å². The van der Waals surface area contributed by atoms with Crippen LogP contribution >= 0.6 is 12.1 Å². The first kappa shape index (κ1) is 44.3. The van der Waals surface area contributed by atoms with Crippen molar-refractivity contribution in [3.8, 4) is 11.1 Å². The van der Waals surface area contributed by atoms with Crippen LogP contribution in [-0.2, 0) is 0 Å². The maximum atomic E-state index is 15.7. The minimum Gasteiger partial charge on any atom is -0.390 e. The second-order valence-corrected chi connectivity index (χ2v) is 17.2. The molecule has 10 nitrogen and oxygen atoms in total. The van der Waals surface area contributed by atoms with Crippen LogP contribution in [0.1, 0.15) is 50.2 Å². The van der Waals surface area contributed by atoms with Crippen molar-refractivity contribution in [2.24, 2.45) is 5.92 Å². The molecule has 0 bridgehead atoms. The molecule has 0 amide bonds. The van der Waals surface area contributed by atoms with Crippen molar-refractivity contribution in [1.82, 2.24) is 29.5 Å². The summed E-state index contributed by atoms with van der Waals surface area (Å²) in [6, 6.07) is 17.6. The largest absolute Gasteiger partial charge is 0.390 e. The molecule has 4 N–H and O–H groups in total. The van der Waals surface area contributed by atoms with Crippen molar-refractivity contribution in [1.29, 1.82) is 0 Å². The summed E-state index contributed by atoms with van der Waals surface area (Å²) in [6.45, 7) is 24.8. The second kappa shape index (κ2) is 20.4. The molecule has 5 heterocycles. The molecule has 2 aliphatic heterocycles. The van der Waals surface area contributed by atoms with E-state index in [4.69, 9.17) is 4.98 Å². The summed E-state index contributed by atoms with van der Waals surface area (Å²) in [5, 5.41) is 7.37. The lowest BCUT2D eigenvalue weighted by atomic mass is 9.92. The number of rotatable bonds is 19. The van der Waals surface area contributed by atoms with Gasteiger partial charge in [-0.25, -0.2) is 23.1 Å². The van der Waals surface area contributed by atoms with Crippen molar-refractivity contribution in [2.45, 2.75) is 45.1 Å². The summed E-state index contributed by atoms with van der Waals surface area (Å²) < 4.78 is 36.2. The molecule has 62 heavy (non-hydrogen) atoms. The van der Waals surface area contributed by atoms with Gasteiger partial charge in [-0.05, 0) is 80.5 Å². The Bertz CT molecular complexity index is 2360. The van der Waals surface area contributed by atoms with Crippen molar-refractivity contribution < 1.29 is 8.78 Å². The van der Waals surface area contributed by atoms with Gasteiger partial charge in [0.25, 0.3) is 0 Å². The number of nitrogens with one attached hydrogen (secondary N) is 4. The van der Waals surface area contributed by atoms with Gasteiger partial charge in [0, 0.05) is 123 Å². The van der Waals surface area contributed by atoms with Crippen LogP contribution < -0.4 is 25.2 Å². The molecule has 2 aliphatic rings. The van der Waals surface area contributed by atoms with Crippen LogP contribution in [0.4, 0.5) is 31.7 Å². The lowest BCUT2D eigenvalue weighted by Crippen LogP contribution is -2.46. The molecular weight excluding hydrogens is 799 g/mol. The Labute approximate surface area is 370 Å². The van der Waals surface area contributed by atoms with E-state index in [1.165, 1.54) is 23.5 Å². The van der Waals surface area contributed by atoms with Crippen LogP contribution in [0.25, 0.3) is 27.7 Å². The first-order valence-corrected chi connectivity index (χ1v) is 22.4. The normalized spacial score (nSPS) is 15.2. The Balaban J connectivity index is 0.897. The minimum absolute atomic E-state index is 0.0484. The van der Waals surface area contributed by atoms with Crippen molar-refractivity contribution in [3.63, 3.8) is 0 Å². The van der Waals surface area contributed by atoms with Crippen LogP contribution in [0.5, 0.6) is 0 Å². The lowest BCUT2D eigenvalue weighted by Gasteiger charge is -2.40. The summed E-state index contributed by atoms with van der Waals surface area (Å²) in [5.74, 6) is 0.275. The molecule has 3 aromatic heterocycles. The highest BCUT2D eigenvalue weighted by atomic mass is 32.2. The number of hydrogen-bond acceptors (Lipinski definition) is 10.